The van der Waals surface area contributed by atoms with E-state index < -0.39 is 0 Å². The van der Waals surface area contributed by atoms with E-state index in [0.29, 0.717) is 6.61 Å². The molecule has 0 spiro atoms. The zero-order chi connectivity index (χ0) is 13.5. The minimum Gasteiger partial charge on any atom is -0.492 e. The van der Waals surface area contributed by atoms with E-state index in [1.165, 1.54) is 11.1 Å². The van der Waals surface area contributed by atoms with Gasteiger partial charge in [0, 0.05) is 13.0 Å². The number of rotatable bonds is 7. The van der Waals surface area contributed by atoms with Crippen LogP contribution in [-0.4, -0.2) is 13.2 Å². The number of thiophene rings is 1. The maximum absolute atomic E-state index is 5.81. The Bertz CT molecular complexity index is 499. The second kappa shape index (κ2) is 7.68. The van der Waals surface area contributed by atoms with E-state index in [4.69, 9.17) is 4.74 Å². The lowest BCUT2D eigenvalue weighted by Gasteiger charge is -2.09. The Balaban J connectivity index is 1.86. The smallest absolute Gasteiger partial charge is 0.133 e. The molecule has 0 bridgehead atoms. The van der Waals surface area contributed by atoms with E-state index in [2.05, 4.69) is 57.1 Å². The molecule has 2 aromatic rings. The predicted octanol–water partition coefficient (Wildman–Crippen LogP) is 4.24. The molecule has 0 atom stereocenters. The van der Waals surface area contributed by atoms with Crippen LogP contribution in [0, 0.1) is 0 Å². The van der Waals surface area contributed by atoms with Crippen LogP contribution >= 0.6 is 27.3 Å². The van der Waals surface area contributed by atoms with Gasteiger partial charge in [-0.1, -0.05) is 13.0 Å². The SMILES string of the molecule is CCNCc1ccc(OCCc2ccsc2)c(Br)c1. The maximum Gasteiger partial charge on any atom is 0.133 e. The predicted molar refractivity (Wildman–Crippen MR) is 85.0 cm³/mol. The second-order valence-corrected chi connectivity index (χ2v) is 5.91. The van der Waals surface area contributed by atoms with Crippen LogP contribution in [0.25, 0.3) is 0 Å². The molecule has 4 heteroatoms. The number of nitrogens with one attached hydrogen (secondary N) is 1. The Kier molecular flexibility index (Phi) is 5.89. The average Bonchev–Trinajstić information content (AvgIpc) is 2.92. The third-order valence-corrected chi connectivity index (χ3v) is 4.16. The Morgan fingerprint density at radius 1 is 1.26 bits per heavy atom. The van der Waals surface area contributed by atoms with Crippen LogP contribution in [0.3, 0.4) is 0 Å². The third kappa shape index (κ3) is 4.64. The summed E-state index contributed by atoms with van der Waals surface area (Å²) in [6, 6.07) is 8.39. The molecular formula is C15H18BrNOS. The summed E-state index contributed by atoms with van der Waals surface area (Å²) in [5, 5.41) is 7.58. The van der Waals surface area contributed by atoms with Gasteiger partial charge in [0.2, 0.25) is 0 Å². The highest BCUT2D eigenvalue weighted by molar-refractivity contribution is 9.10. The van der Waals surface area contributed by atoms with E-state index in [9.17, 15) is 0 Å². The Morgan fingerprint density at radius 3 is 2.84 bits per heavy atom. The maximum atomic E-state index is 5.81. The average molecular weight is 340 g/mol. The van der Waals surface area contributed by atoms with Gasteiger partial charge >= 0.3 is 0 Å². The first-order chi connectivity index (χ1) is 9.29. The molecule has 1 aromatic heterocycles. The molecule has 0 fully saturated rings. The van der Waals surface area contributed by atoms with Crippen LogP contribution in [0.1, 0.15) is 18.1 Å². The monoisotopic (exact) mass is 339 g/mol. The summed E-state index contributed by atoms with van der Waals surface area (Å²) in [6.45, 7) is 4.69. The highest BCUT2D eigenvalue weighted by Crippen LogP contribution is 2.26. The zero-order valence-corrected chi connectivity index (χ0v) is 13.4. The van der Waals surface area contributed by atoms with Gasteiger partial charge in [-0.25, -0.2) is 0 Å². The molecular weight excluding hydrogens is 322 g/mol. The number of halogens is 1. The van der Waals surface area contributed by atoms with Crippen molar-refractivity contribution in [3.63, 3.8) is 0 Å². The molecule has 1 aromatic carbocycles. The standard InChI is InChI=1S/C15H18BrNOS/c1-2-17-10-13-3-4-15(14(16)9-13)18-7-5-12-6-8-19-11-12/h3-4,6,8-9,11,17H,2,5,7,10H2,1H3. The Morgan fingerprint density at radius 2 is 2.16 bits per heavy atom. The van der Waals surface area contributed by atoms with Gasteiger partial charge in [0.25, 0.3) is 0 Å². The van der Waals surface area contributed by atoms with Gasteiger partial charge in [-0.05, 0) is 62.6 Å². The lowest BCUT2D eigenvalue weighted by atomic mass is 10.2. The van der Waals surface area contributed by atoms with Crippen molar-refractivity contribution in [2.75, 3.05) is 13.2 Å². The fourth-order valence-electron chi connectivity index (χ4n) is 1.75. The largest absolute Gasteiger partial charge is 0.492 e. The lowest BCUT2D eigenvalue weighted by Crippen LogP contribution is -2.11. The first kappa shape index (κ1) is 14.6. The summed E-state index contributed by atoms with van der Waals surface area (Å²) in [5.74, 6) is 0.912. The van der Waals surface area contributed by atoms with Gasteiger partial charge in [0.15, 0.2) is 0 Å². The van der Waals surface area contributed by atoms with Crippen molar-refractivity contribution < 1.29 is 4.74 Å². The Hall–Kier alpha value is -0.840. The molecule has 0 saturated heterocycles. The molecule has 1 heterocycles. The molecule has 1 N–H and O–H groups in total. The first-order valence-electron chi connectivity index (χ1n) is 6.42. The van der Waals surface area contributed by atoms with Gasteiger partial charge in [-0.15, -0.1) is 0 Å². The number of benzene rings is 1. The molecule has 0 aliphatic heterocycles. The van der Waals surface area contributed by atoms with Crippen molar-refractivity contribution in [3.8, 4) is 5.75 Å². The summed E-state index contributed by atoms with van der Waals surface area (Å²) in [5.41, 5.74) is 2.60. The van der Waals surface area contributed by atoms with Crippen LogP contribution in [0.5, 0.6) is 5.75 Å². The molecule has 0 unspecified atom stereocenters. The van der Waals surface area contributed by atoms with Gasteiger partial charge in [-0.3, -0.25) is 0 Å². The van der Waals surface area contributed by atoms with Gasteiger partial charge in [0.1, 0.15) is 5.75 Å². The van der Waals surface area contributed by atoms with E-state index in [1.54, 1.807) is 11.3 Å². The quantitative estimate of drug-likeness (QED) is 0.814. The fourth-order valence-corrected chi connectivity index (χ4v) is 3.00. The van der Waals surface area contributed by atoms with Gasteiger partial charge < -0.3 is 10.1 Å². The molecule has 0 aliphatic rings. The molecule has 0 saturated carbocycles. The van der Waals surface area contributed by atoms with Crippen LogP contribution in [-0.2, 0) is 13.0 Å². The molecule has 19 heavy (non-hydrogen) atoms. The van der Waals surface area contributed by atoms with Gasteiger partial charge in [-0.2, -0.15) is 11.3 Å². The number of hydrogen-bond acceptors (Lipinski definition) is 3. The minimum atomic E-state index is 0.710. The third-order valence-electron chi connectivity index (χ3n) is 2.80. The first-order valence-corrected chi connectivity index (χ1v) is 8.16. The Labute approximate surface area is 126 Å². The minimum absolute atomic E-state index is 0.710. The molecule has 0 aliphatic carbocycles. The fraction of sp³-hybridized carbons (Fsp3) is 0.333. The van der Waals surface area contributed by atoms with Crippen molar-refractivity contribution in [3.05, 3.63) is 50.6 Å². The summed E-state index contributed by atoms with van der Waals surface area (Å²) < 4.78 is 6.83. The van der Waals surface area contributed by atoms with Crippen LogP contribution in [0.2, 0.25) is 0 Å². The van der Waals surface area contributed by atoms with Crippen LogP contribution < -0.4 is 10.1 Å². The van der Waals surface area contributed by atoms with E-state index >= 15 is 0 Å². The lowest BCUT2D eigenvalue weighted by molar-refractivity contribution is 0.320. The van der Waals surface area contributed by atoms with Crippen molar-refractivity contribution in [1.82, 2.24) is 5.32 Å². The summed E-state index contributed by atoms with van der Waals surface area (Å²) in [6.07, 6.45) is 0.953. The van der Waals surface area contributed by atoms with E-state index in [0.717, 1.165) is 29.7 Å². The number of ether oxygens (including phenoxy) is 1. The second-order valence-electron chi connectivity index (χ2n) is 4.28. The highest BCUT2D eigenvalue weighted by atomic mass is 79.9. The van der Waals surface area contributed by atoms with E-state index in [-0.39, 0.29) is 0 Å². The summed E-state index contributed by atoms with van der Waals surface area (Å²) >= 11 is 5.29. The van der Waals surface area contributed by atoms with Crippen LogP contribution in [0.4, 0.5) is 0 Å². The normalized spacial score (nSPS) is 10.6. The molecule has 2 nitrogen and oxygen atoms in total. The summed E-state index contributed by atoms with van der Waals surface area (Å²) in [7, 11) is 0. The van der Waals surface area contributed by atoms with Gasteiger partial charge in [0.05, 0.1) is 11.1 Å². The van der Waals surface area contributed by atoms with Crippen molar-refractivity contribution in [2.45, 2.75) is 19.9 Å². The summed E-state index contributed by atoms with van der Waals surface area (Å²) in [4.78, 5) is 0. The molecule has 102 valence electrons. The number of hydrogen-bond donors (Lipinski definition) is 1. The zero-order valence-electron chi connectivity index (χ0n) is 11.0. The molecule has 0 radical (unpaired) electrons. The van der Waals surface area contributed by atoms with Crippen LogP contribution in [0.15, 0.2) is 39.5 Å². The van der Waals surface area contributed by atoms with Crippen molar-refractivity contribution >= 4 is 27.3 Å². The molecule has 2 rings (SSSR count). The van der Waals surface area contributed by atoms with Crippen molar-refractivity contribution in [1.29, 1.82) is 0 Å². The molecule has 0 amide bonds. The van der Waals surface area contributed by atoms with Crippen molar-refractivity contribution in [2.24, 2.45) is 0 Å². The highest BCUT2D eigenvalue weighted by Gasteiger charge is 2.03. The van der Waals surface area contributed by atoms with E-state index in [1.807, 2.05) is 6.07 Å². The topological polar surface area (TPSA) is 21.3 Å².